The van der Waals surface area contributed by atoms with Gasteiger partial charge in [-0.2, -0.15) is 5.10 Å². The van der Waals surface area contributed by atoms with Gasteiger partial charge in [0.15, 0.2) is 0 Å². The van der Waals surface area contributed by atoms with Crippen molar-refractivity contribution in [3.05, 3.63) is 45.9 Å². The van der Waals surface area contributed by atoms with E-state index in [9.17, 15) is 4.79 Å². The number of hydrogen-bond donors (Lipinski definition) is 2. The number of aromatic amines is 1. The van der Waals surface area contributed by atoms with Crippen molar-refractivity contribution < 1.29 is 9.53 Å². The average Bonchev–Trinajstić information content (AvgIpc) is 3.15. The second-order valence-corrected chi connectivity index (χ2v) is 6.25. The summed E-state index contributed by atoms with van der Waals surface area (Å²) in [5, 5.41) is 7.11. The summed E-state index contributed by atoms with van der Waals surface area (Å²) in [5.74, 6) is 0.529. The summed E-state index contributed by atoms with van der Waals surface area (Å²) < 4.78 is 7.10. The number of benzene rings is 1. The molecular weight excluding hydrogens is 346 g/mol. The highest BCUT2D eigenvalue weighted by molar-refractivity contribution is 7.71. The van der Waals surface area contributed by atoms with Gasteiger partial charge in [-0.3, -0.25) is 15.3 Å². The minimum absolute atomic E-state index is 0.278. The smallest absolute Gasteiger partial charge is 0.282 e. The number of aryl methyl sites for hydroxylation is 1. The molecule has 2 N–H and O–H groups in total. The standard InChI is InChI=1S/C15H15N5O2S2/c1-3-22-11-6-4-10(5-7-11)14-17-9(2)12(24-14)13(21)19-20-8-16-18-15(20)23/h4-8H,3H2,1-2H3,(H,18,23)(H,19,21). The average molecular weight is 361 g/mol. The van der Waals surface area contributed by atoms with Crippen LogP contribution in [-0.4, -0.2) is 32.4 Å². The third-order valence-electron chi connectivity index (χ3n) is 3.19. The fourth-order valence-electron chi connectivity index (χ4n) is 2.08. The number of hydrogen-bond acceptors (Lipinski definition) is 6. The van der Waals surface area contributed by atoms with Crippen LogP contribution in [0.3, 0.4) is 0 Å². The van der Waals surface area contributed by atoms with Crippen molar-refractivity contribution in [1.82, 2.24) is 19.9 Å². The van der Waals surface area contributed by atoms with Gasteiger partial charge < -0.3 is 4.74 Å². The summed E-state index contributed by atoms with van der Waals surface area (Å²) in [4.78, 5) is 17.4. The van der Waals surface area contributed by atoms with Crippen LogP contribution in [0.25, 0.3) is 10.6 Å². The highest BCUT2D eigenvalue weighted by Crippen LogP contribution is 2.29. The first kappa shape index (κ1) is 16.3. The number of thiazole rings is 1. The Labute approximate surface area is 147 Å². The molecule has 0 saturated carbocycles. The Balaban J connectivity index is 1.83. The van der Waals surface area contributed by atoms with E-state index in [2.05, 4.69) is 20.6 Å². The Morgan fingerprint density at radius 1 is 1.42 bits per heavy atom. The van der Waals surface area contributed by atoms with Crippen molar-refractivity contribution in [2.75, 3.05) is 12.0 Å². The summed E-state index contributed by atoms with van der Waals surface area (Å²) >= 11 is 6.33. The molecule has 0 aliphatic heterocycles. The minimum atomic E-state index is -0.278. The zero-order valence-electron chi connectivity index (χ0n) is 13.1. The Bertz CT molecular complexity index is 911. The van der Waals surface area contributed by atoms with Crippen LogP contribution in [0.5, 0.6) is 5.75 Å². The van der Waals surface area contributed by atoms with E-state index in [1.165, 1.54) is 22.3 Å². The minimum Gasteiger partial charge on any atom is -0.494 e. The molecule has 124 valence electrons. The Morgan fingerprint density at radius 2 is 2.17 bits per heavy atom. The van der Waals surface area contributed by atoms with E-state index < -0.39 is 0 Å². The van der Waals surface area contributed by atoms with Gasteiger partial charge in [-0.1, -0.05) is 0 Å². The topological polar surface area (TPSA) is 84.8 Å². The first-order chi connectivity index (χ1) is 11.6. The second kappa shape index (κ2) is 6.93. The number of H-pyrrole nitrogens is 1. The molecule has 2 aromatic heterocycles. The third-order valence-corrected chi connectivity index (χ3v) is 4.68. The Kier molecular flexibility index (Phi) is 4.72. The first-order valence-electron chi connectivity index (χ1n) is 7.22. The molecule has 24 heavy (non-hydrogen) atoms. The van der Waals surface area contributed by atoms with Gasteiger partial charge in [0.05, 0.1) is 12.3 Å². The lowest BCUT2D eigenvalue weighted by atomic mass is 10.2. The molecule has 3 aromatic rings. The highest BCUT2D eigenvalue weighted by atomic mass is 32.1. The lowest BCUT2D eigenvalue weighted by molar-refractivity contribution is 0.101. The fraction of sp³-hybridized carbons (Fsp3) is 0.200. The molecule has 3 rings (SSSR count). The van der Waals surface area contributed by atoms with Crippen LogP contribution in [0.15, 0.2) is 30.6 Å². The number of rotatable bonds is 5. The summed E-state index contributed by atoms with van der Waals surface area (Å²) in [6.45, 7) is 4.37. The Hall–Kier alpha value is -2.52. The molecule has 0 radical (unpaired) electrons. The molecule has 2 heterocycles. The molecule has 0 fully saturated rings. The quantitative estimate of drug-likeness (QED) is 0.682. The van der Waals surface area contributed by atoms with Crippen molar-refractivity contribution >= 4 is 29.5 Å². The summed E-state index contributed by atoms with van der Waals surface area (Å²) in [5.41, 5.74) is 4.27. The zero-order valence-corrected chi connectivity index (χ0v) is 14.7. The van der Waals surface area contributed by atoms with Crippen molar-refractivity contribution in [2.24, 2.45) is 0 Å². The molecule has 1 amide bonds. The van der Waals surface area contributed by atoms with Gasteiger partial charge in [-0.15, -0.1) is 11.3 Å². The van der Waals surface area contributed by atoms with Gasteiger partial charge in [-0.25, -0.2) is 9.66 Å². The molecule has 0 spiro atoms. The van der Waals surface area contributed by atoms with Crippen LogP contribution in [0.2, 0.25) is 0 Å². The van der Waals surface area contributed by atoms with Crippen LogP contribution in [0.4, 0.5) is 0 Å². The molecule has 0 saturated heterocycles. The lowest BCUT2D eigenvalue weighted by Crippen LogP contribution is -2.22. The van der Waals surface area contributed by atoms with E-state index in [0.717, 1.165) is 16.3 Å². The lowest BCUT2D eigenvalue weighted by Gasteiger charge is -2.03. The van der Waals surface area contributed by atoms with Crippen molar-refractivity contribution in [2.45, 2.75) is 13.8 Å². The maximum absolute atomic E-state index is 12.4. The van der Waals surface area contributed by atoms with Gasteiger partial charge in [0, 0.05) is 5.56 Å². The summed E-state index contributed by atoms with van der Waals surface area (Å²) in [6, 6.07) is 7.63. The molecule has 9 heteroatoms. The number of nitrogens with zero attached hydrogens (tertiary/aromatic N) is 3. The van der Waals surface area contributed by atoms with Gasteiger partial charge in [0.1, 0.15) is 22.0 Å². The van der Waals surface area contributed by atoms with Gasteiger partial charge in [-0.05, 0) is 50.3 Å². The molecule has 0 aliphatic carbocycles. The van der Waals surface area contributed by atoms with Crippen LogP contribution < -0.4 is 10.2 Å². The first-order valence-corrected chi connectivity index (χ1v) is 8.45. The number of aromatic nitrogens is 4. The summed E-state index contributed by atoms with van der Waals surface area (Å²) in [7, 11) is 0. The normalized spacial score (nSPS) is 10.6. The molecule has 0 unspecified atom stereocenters. The largest absolute Gasteiger partial charge is 0.494 e. The van der Waals surface area contributed by atoms with Gasteiger partial charge in [0.25, 0.3) is 5.91 Å². The van der Waals surface area contributed by atoms with Crippen molar-refractivity contribution in [3.63, 3.8) is 0 Å². The van der Waals surface area contributed by atoms with Gasteiger partial charge >= 0.3 is 0 Å². The van der Waals surface area contributed by atoms with Crippen LogP contribution in [-0.2, 0) is 0 Å². The van der Waals surface area contributed by atoms with Crippen LogP contribution >= 0.6 is 23.6 Å². The second-order valence-electron chi connectivity index (χ2n) is 4.86. The van der Waals surface area contributed by atoms with Crippen molar-refractivity contribution in [3.8, 4) is 16.3 Å². The molecular formula is C15H15N5O2S2. The molecule has 7 nitrogen and oxygen atoms in total. The SMILES string of the molecule is CCOc1ccc(-c2nc(C)c(C(=O)Nn3cn[nH]c3=S)s2)cc1. The number of nitrogens with one attached hydrogen (secondary N) is 2. The highest BCUT2D eigenvalue weighted by Gasteiger charge is 2.17. The van der Waals surface area contributed by atoms with E-state index in [1.54, 1.807) is 6.92 Å². The molecule has 0 atom stereocenters. The van der Waals surface area contributed by atoms with Crippen LogP contribution in [0, 0.1) is 11.7 Å². The Morgan fingerprint density at radius 3 is 2.79 bits per heavy atom. The number of amides is 1. The molecule has 0 bridgehead atoms. The molecule has 0 aliphatic rings. The van der Waals surface area contributed by atoms with E-state index in [0.29, 0.717) is 21.9 Å². The fourth-order valence-corrected chi connectivity index (χ4v) is 3.19. The maximum Gasteiger partial charge on any atom is 0.282 e. The number of ether oxygens (including phenoxy) is 1. The monoisotopic (exact) mass is 361 g/mol. The molecule has 1 aromatic carbocycles. The number of carbonyl (C=O) groups excluding carboxylic acids is 1. The van der Waals surface area contributed by atoms with Crippen LogP contribution in [0.1, 0.15) is 22.3 Å². The predicted octanol–water partition coefficient (Wildman–Crippen LogP) is 3.16. The van der Waals surface area contributed by atoms with E-state index in [4.69, 9.17) is 17.0 Å². The third kappa shape index (κ3) is 3.36. The van der Waals surface area contributed by atoms with Gasteiger partial charge in [0.2, 0.25) is 4.77 Å². The van der Waals surface area contributed by atoms with E-state index in [1.807, 2.05) is 31.2 Å². The van der Waals surface area contributed by atoms with E-state index >= 15 is 0 Å². The zero-order chi connectivity index (χ0) is 17.1. The summed E-state index contributed by atoms with van der Waals surface area (Å²) in [6.07, 6.45) is 1.41. The number of carbonyl (C=O) groups is 1. The van der Waals surface area contributed by atoms with Crippen molar-refractivity contribution in [1.29, 1.82) is 0 Å². The maximum atomic E-state index is 12.4. The predicted molar refractivity (Wildman–Crippen MR) is 94.6 cm³/mol. The van der Waals surface area contributed by atoms with E-state index in [-0.39, 0.29) is 5.91 Å².